The third kappa shape index (κ3) is 3.45. The molecule has 1 aromatic heterocycles. The number of hydrogen-bond acceptors (Lipinski definition) is 7. The molecule has 2 amide bonds. The van der Waals surface area contributed by atoms with E-state index in [2.05, 4.69) is 10.3 Å². The van der Waals surface area contributed by atoms with Gasteiger partial charge in [-0.1, -0.05) is 0 Å². The number of aliphatic carboxylic acids is 1. The van der Waals surface area contributed by atoms with Gasteiger partial charge >= 0.3 is 11.9 Å². The van der Waals surface area contributed by atoms with E-state index in [1.54, 1.807) is 6.07 Å². The van der Waals surface area contributed by atoms with Gasteiger partial charge in [-0.2, -0.15) is 0 Å². The summed E-state index contributed by atoms with van der Waals surface area (Å²) < 4.78 is 4.84. The van der Waals surface area contributed by atoms with Crippen LogP contribution in [0.2, 0.25) is 0 Å². The van der Waals surface area contributed by atoms with Gasteiger partial charge in [0.05, 0.1) is 5.69 Å². The largest absolute Gasteiger partial charge is 0.477 e. The number of nitrogens with zero attached hydrogens (tertiary/aromatic N) is 1. The number of thioether (sulfide) groups is 1. The quantitative estimate of drug-likeness (QED) is 0.254. The maximum absolute atomic E-state index is 12.4. The van der Waals surface area contributed by atoms with E-state index in [-0.39, 0.29) is 23.8 Å². The zero-order chi connectivity index (χ0) is 19.7. The van der Waals surface area contributed by atoms with Gasteiger partial charge in [0.2, 0.25) is 0 Å². The Labute approximate surface area is 156 Å². The number of ketones is 1. The van der Waals surface area contributed by atoms with Crippen molar-refractivity contribution in [1.29, 1.82) is 0 Å². The molecule has 1 fully saturated rings. The molecule has 1 saturated heterocycles. The van der Waals surface area contributed by atoms with Gasteiger partial charge in [0.25, 0.3) is 17.6 Å². The molecule has 0 saturated carbocycles. The zero-order valence-electron chi connectivity index (χ0n) is 14.1. The summed E-state index contributed by atoms with van der Waals surface area (Å²) in [6.45, 7) is 0.962. The van der Waals surface area contributed by atoms with Gasteiger partial charge in [0.15, 0.2) is 0 Å². The molecular formula is C16H15N3O7S. The predicted molar refractivity (Wildman–Crippen MR) is 91.4 cm³/mol. The number of carbonyl (C=O) groups is 5. The van der Waals surface area contributed by atoms with Crippen molar-refractivity contribution in [3.05, 3.63) is 35.3 Å². The van der Waals surface area contributed by atoms with Crippen molar-refractivity contribution in [1.82, 2.24) is 15.2 Å². The highest BCUT2D eigenvalue weighted by atomic mass is 32.2. The number of fused-ring (bicyclic) bond motifs is 1. The van der Waals surface area contributed by atoms with Crippen LogP contribution < -0.4 is 5.32 Å². The highest BCUT2D eigenvalue weighted by molar-refractivity contribution is 8.00. The number of carbonyl (C=O) groups excluding carboxylic acids is 4. The van der Waals surface area contributed by atoms with Crippen LogP contribution in [0.4, 0.5) is 0 Å². The summed E-state index contributed by atoms with van der Waals surface area (Å²) in [7, 11) is 0. The number of esters is 1. The Bertz CT molecular complexity index is 861. The third-order valence-corrected chi connectivity index (χ3v) is 5.37. The first-order valence-electron chi connectivity index (χ1n) is 7.83. The molecule has 3 heterocycles. The lowest BCUT2D eigenvalue weighted by atomic mass is 10.0. The molecule has 0 radical (unpaired) electrons. The fourth-order valence-corrected chi connectivity index (χ4v) is 4.11. The van der Waals surface area contributed by atoms with Gasteiger partial charge in [-0.3, -0.25) is 24.1 Å². The molecule has 3 rings (SSSR count). The second-order valence-electron chi connectivity index (χ2n) is 5.81. The lowest BCUT2D eigenvalue weighted by molar-refractivity contribution is -0.150. The Morgan fingerprint density at radius 3 is 2.74 bits per heavy atom. The molecule has 0 aliphatic carbocycles. The number of H-pyrrole nitrogens is 1. The summed E-state index contributed by atoms with van der Waals surface area (Å²) in [4.78, 5) is 62.7. The summed E-state index contributed by atoms with van der Waals surface area (Å²) in [5, 5.41) is 11.2. The van der Waals surface area contributed by atoms with Gasteiger partial charge in [-0.15, -0.1) is 11.8 Å². The van der Waals surface area contributed by atoms with Crippen LogP contribution in [0.1, 0.15) is 17.4 Å². The normalized spacial score (nSPS) is 21.2. The summed E-state index contributed by atoms with van der Waals surface area (Å²) in [6, 6.07) is 1.98. The molecule has 1 aromatic rings. The van der Waals surface area contributed by atoms with Crippen LogP contribution in [0.25, 0.3) is 0 Å². The minimum absolute atomic E-state index is 0.0854. The fraction of sp³-hybridized carbons (Fsp3) is 0.312. The van der Waals surface area contributed by atoms with E-state index >= 15 is 0 Å². The SMILES string of the molecule is CC(=O)OCC1=C(C(=O)O)N2C(=O)C(NC(=O)C(=O)c3ccc[nH]3)C2SC1. The third-order valence-electron chi connectivity index (χ3n) is 4.03. The van der Waals surface area contributed by atoms with Gasteiger partial charge in [-0.05, 0) is 12.1 Å². The van der Waals surface area contributed by atoms with Crippen LogP contribution in [0, 0.1) is 0 Å². The second kappa shape index (κ2) is 7.27. The van der Waals surface area contributed by atoms with Crippen molar-refractivity contribution >= 4 is 41.3 Å². The van der Waals surface area contributed by atoms with Crippen LogP contribution in [0.15, 0.2) is 29.6 Å². The number of β-lactam (4-membered cyclic amide) rings is 1. The van der Waals surface area contributed by atoms with Gasteiger partial charge < -0.3 is 20.1 Å². The van der Waals surface area contributed by atoms with E-state index in [1.165, 1.54) is 30.9 Å². The number of carboxylic acid groups (broad SMARTS) is 1. The van der Waals surface area contributed by atoms with Gasteiger partial charge in [0, 0.05) is 24.4 Å². The number of nitrogens with one attached hydrogen (secondary N) is 2. The summed E-state index contributed by atoms with van der Waals surface area (Å²) >= 11 is 1.22. The summed E-state index contributed by atoms with van der Waals surface area (Å²) in [6.07, 6.45) is 1.49. The van der Waals surface area contributed by atoms with Crippen molar-refractivity contribution in [2.24, 2.45) is 0 Å². The predicted octanol–water partition coefficient (Wildman–Crippen LogP) is -0.501. The van der Waals surface area contributed by atoms with Gasteiger partial charge in [-0.25, -0.2) is 4.79 Å². The van der Waals surface area contributed by atoms with E-state index in [9.17, 15) is 29.1 Å². The van der Waals surface area contributed by atoms with Crippen LogP contribution in [0.5, 0.6) is 0 Å². The van der Waals surface area contributed by atoms with Crippen molar-refractivity contribution < 1.29 is 33.8 Å². The summed E-state index contributed by atoms with van der Waals surface area (Å²) in [5.74, 6) is -4.11. The molecule has 2 atom stereocenters. The van der Waals surface area contributed by atoms with E-state index in [0.29, 0.717) is 5.57 Å². The van der Waals surface area contributed by atoms with Crippen LogP contribution in [0.3, 0.4) is 0 Å². The van der Waals surface area contributed by atoms with Crippen molar-refractivity contribution in [3.8, 4) is 0 Å². The highest BCUT2D eigenvalue weighted by Gasteiger charge is 2.54. The molecule has 0 aromatic carbocycles. The minimum atomic E-state index is -1.33. The first-order chi connectivity index (χ1) is 12.8. The maximum atomic E-state index is 12.4. The average molecular weight is 393 g/mol. The van der Waals surface area contributed by atoms with Crippen LogP contribution in [-0.4, -0.2) is 68.3 Å². The van der Waals surface area contributed by atoms with E-state index in [0.717, 1.165) is 4.90 Å². The van der Waals surface area contributed by atoms with Crippen molar-refractivity contribution in [2.45, 2.75) is 18.3 Å². The molecule has 0 spiro atoms. The number of aromatic nitrogens is 1. The molecule has 0 bridgehead atoms. The molecule has 2 aliphatic heterocycles. The second-order valence-corrected chi connectivity index (χ2v) is 6.92. The molecular weight excluding hydrogens is 378 g/mol. The number of Topliss-reactive ketones (excluding diaryl/α,β-unsaturated/α-hetero) is 1. The Balaban J connectivity index is 1.73. The Morgan fingerprint density at radius 1 is 1.41 bits per heavy atom. The van der Waals surface area contributed by atoms with E-state index < -0.39 is 41.0 Å². The monoisotopic (exact) mass is 393 g/mol. The number of ether oxygens (including phenoxy) is 1. The van der Waals surface area contributed by atoms with Crippen molar-refractivity contribution in [2.75, 3.05) is 12.4 Å². The van der Waals surface area contributed by atoms with Crippen LogP contribution in [-0.2, 0) is 23.9 Å². The molecule has 10 nitrogen and oxygen atoms in total. The molecule has 11 heteroatoms. The number of rotatable bonds is 6. The Hall–Kier alpha value is -3.08. The maximum Gasteiger partial charge on any atom is 0.352 e. The number of aromatic amines is 1. The van der Waals surface area contributed by atoms with Crippen LogP contribution >= 0.6 is 11.8 Å². The molecule has 142 valence electrons. The topological polar surface area (TPSA) is 146 Å². The zero-order valence-corrected chi connectivity index (χ0v) is 14.9. The van der Waals surface area contributed by atoms with E-state index in [4.69, 9.17) is 4.74 Å². The fourth-order valence-electron chi connectivity index (χ4n) is 2.78. The average Bonchev–Trinajstić information content (AvgIpc) is 3.16. The Kier molecular flexibility index (Phi) is 5.04. The number of carboxylic acids is 1. The van der Waals surface area contributed by atoms with Crippen molar-refractivity contribution in [3.63, 3.8) is 0 Å². The highest BCUT2D eigenvalue weighted by Crippen LogP contribution is 2.40. The number of amides is 2. The molecule has 27 heavy (non-hydrogen) atoms. The first-order valence-corrected chi connectivity index (χ1v) is 8.88. The lowest BCUT2D eigenvalue weighted by Gasteiger charge is -2.49. The molecule has 2 unspecified atom stereocenters. The minimum Gasteiger partial charge on any atom is -0.477 e. The first kappa shape index (κ1) is 18.7. The smallest absolute Gasteiger partial charge is 0.352 e. The standard InChI is InChI=1S/C16H15N3O7S/c1-7(20)26-5-8-6-27-15-10(14(23)19(15)11(8)16(24)25)18-13(22)12(21)9-3-2-4-17-9/h2-4,10,15,17H,5-6H2,1H3,(H,18,22)(H,24,25). The lowest BCUT2D eigenvalue weighted by Crippen LogP contribution is -2.71. The van der Waals surface area contributed by atoms with Gasteiger partial charge in [0.1, 0.15) is 23.7 Å². The molecule has 2 aliphatic rings. The van der Waals surface area contributed by atoms with E-state index in [1.807, 2.05) is 0 Å². The Morgan fingerprint density at radius 2 is 2.15 bits per heavy atom. The number of hydrogen-bond donors (Lipinski definition) is 3. The molecule has 3 N–H and O–H groups in total. The summed E-state index contributed by atoms with van der Waals surface area (Å²) in [5.41, 5.74) is 0.118.